The van der Waals surface area contributed by atoms with Crippen molar-refractivity contribution in [3.63, 3.8) is 0 Å². The van der Waals surface area contributed by atoms with Crippen molar-refractivity contribution < 1.29 is 22.4 Å². The lowest BCUT2D eigenvalue weighted by Crippen LogP contribution is -2.51. The van der Waals surface area contributed by atoms with Crippen LogP contribution in [0.25, 0.3) is 0 Å². The number of nitrogens with zero attached hydrogens (tertiary/aromatic N) is 2. The molecule has 0 aromatic heterocycles. The number of carbonyl (C=O) groups excluding carboxylic acids is 2. The van der Waals surface area contributed by atoms with E-state index >= 15 is 0 Å². The normalized spacial score (nSPS) is 12.0. The number of rotatable bonds is 11. The monoisotopic (exact) mass is 579 g/mol. The van der Waals surface area contributed by atoms with Gasteiger partial charge >= 0.3 is 0 Å². The van der Waals surface area contributed by atoms with Gasteiger partial charge in [-0.2, -0.15) is 0 Å². The van der Waals surface area contributed by atoms with E-state index in [0.717, 1.165) is 9.21 Å². The molecule has 3 aromatic carbocycles. The summed E-state index contributed by atoms with van der Waals surface area (Å²) in [7, 11) is -4.28. The molecule has 0 aliphatic carbocycles. The minimum atomic E-state index is -4.28. The zero-order chi connectivity index (χ0) is 27.9. The fourth-order valence-corrected chi connectivity index (χ4v) is 5.72. The first kappa shape index (κ1) is 29.4. The molecule has 0 radical (unpaired) electrons. The molecule has 0 aliphatic rings. The number of benzene rings is 3. The average molecular weight is 581 g/mol. The molecular weight excluding hydrogens is 552 g/mol. The maximum Gasteiger partial charge on any atom is 0.264 e. The van der Waals surface area contributed by atoms with Gasteiger partial charge < -0.3 is 10.2 Å². The van der Waals surface area contributed by atoms with Gasteiger partial charge in [0.1, 0.15) is 18.4 Å². The van der Waals surface area contributed by atoms with Crippen molar-refractivity contribution in [3.8, 4) is 0 Å². The van der Waals surface area contributed by atoms with Gasteiger partial charge in [0.05, 0.1) is 15.6 Å². The molecule has 0 fully saturated rings. The molecule has 0 aliphatic heterocycles. The number of anilines is 1. The Morgan fingerprint density at radius 2 is 1.66 bits per heavy atom. The van der Waals surface area contributed by atoms with E-state index in [1.807, 2.05) is 6.92 Å². The van der Waals surface area contributed by atoms with Crippen molar-refractivity contribution in [1.82, 2.24) is 10.2 Å². The van der Waals surface area contributed by atoms with E-state index in [1.54, 1.807) is 24.3 Å². The van der Waals surface area contributed by atoms with Crippen LogP contribution in [0.3, 0.4) is 0 Å². The van der Waals surface area contributed by atoms with Gasteiger partial charge in [0.2, 0.25) is 11.8 Å². The Balaban J connectivity index is 2.05. The summed E-state index contributed by atoms with van der Waals surface area (Å²) in [4.78, 5) is 27.7. The molecule has 1 atom stereocenters. The first-order valence-corrected chi connectivity index (χ1v) is 14.1. The predicted octanol–water partition coefficient (Wildman–Crippen LogP) is 5.27. The highest BCUT2D eigenvalue weighted by Gasteiger charge is 2.33. The van der Waals surface area contributed by atoms with Crippen LogP contribution in [0.5, 0.6) is 0 Å². The van der Waals surface area contributed by atoms with Crippen LogP contribution in [0, 0.1) is 5.82 Å². The lowest BCUT2D eigenvalue weighted by atomic mass is 10.1. The zero-order valence-electron chi connectivity index (χ0n) is 20.9. The van der Waals surface area contributed by atoms with Gasteiger partial charge in [-0.25, -0.2) is 12.8 Å². The Morgan fingerprint density at radius 3 is 2.29 bits per heavy atom. The highest BCUT2D eigenvalue weighted by Crippen LogP contribution is 2.33. The summed E-state index contributed by atoms with van der Waals surface area (Å²) >= 11 is 12.4. The number of nitrogens with one attached hydrogen (secondary N) is 1. The maximum atomic E-state index is 14.5. The molecular formula is C27H28Cl2FN3O4S. The molecule has 0 saturated carbocycles. The quantitative estimate of drug-likeness (QED) is 0.335. The van der Waals surface area contributed by atoms with Crippen LogP contribution >= 0.6 is 23.2 Å². The topological polar surface area (TPSA) is 86.8 Å². The smallest absolute Gasteiger partial charge is 0.264 e. The molecule has 7 nitrogen and oxygen atoms in total. The van der Waals surface area contributed by atoms with Crippen LogP contribution in [-0.2, 0) is 26.2 Å². The molecule has 2 amide bonds. The number of amides is 2. The van der Waals surface area contributed by atoms with Crippen LogP contribution < -0.4 is 9.62 Å². The minimum absolute atomic E-state index is 0.0131. The average Bonchev–Trinajstić information content (AvgIpc) is 2.90. The van der Waals surface area contributed by atoms with Crippen LogP contribution in [0.15, 0.2) is 77.7 Å². The number of hydrogen-bond donors (Lipinski definition) is 1. The Hall–Kier alpha value is -3.14. The molecule has 0 heterocycles. The van der Waals surface area contributed by atoms with Crippen molar-refractivity contribution in [2.45, 2.75) is 37.8 Å². The van der Waals surface area contributed by atoms with Crippen molar-refractivity contribution in [3.05, 3.63) is 94.2 Å². The summed E-state index contributed by atoms with van der Waals surface area (Å²) in [6.45, 7) is 2.84. The summed E-state index contributed by atoms with van der Waals surface area (Å²) in [6.07, 6.45) is 0.678. The zero-order valence-corrected chi connectivity index (χ0v) is 23.2. The van der Waals surface area contributed by atoms with Gasteiger partial charge in [-0.1, -0.05) is 66.5 Å². The third kappa shape index (κ3) is 7.03. The number of sulfonamides is 1. The Kier molecular flexibility index (Phi) is 10.1. The van der Waals surface area contributed by atoms with Crippen LogP contribution in [0.4, 0.5) is 10.1 Å². The molecule has 0 saturated heterocycles. The van der Waals surface area contributed by atoms with Gasteiger partial charge in [-0.3, -0.25) is 13.9 Å². The predicted molar refractivity (Wildman–Crippen MR) is 147 cm³/mol. The number of carbonyl (C=O) groups is 2. The Labute approximate surface area is 232 Å². The summed E-state index contributed by atoms with van der Waals surface area (Å²) in [5.41, 5.74) is 0.209. The summed E-state index contributed by atoms with van der Waals surface area (Å²) in [5.74, 6) is -1.72. The molecule has 202 valence electrons. The van der Waals surface area contributed by atoms with E-state index in [9.17, 15) is 22.4 Å². The summed E-state index contributed by atoms with van der Waals surface area (Å²) in [5, 5.41) is 3.03. The Bertz CT molecular complexity index is 1390. The largest absolute Gasteiger partial charge is 0.354 e. The molecule has 0 bridgehead atoms. The van der Waals surface area contributed by atoms with E-state index in [0.29, 0.717) is 13.0 Å². The fourth-order valence-electron chi connectivity index (χ4n) is 3.71. The lowest BCUT2D eigenvalue weighted by Gasteiger charge is -2.32. The van der Waals surface area contributed by atoms with Crippen molar-refractivity contribution in [1.29, 1.82) is 0 Å². The molecule has 0 unspecified atom stereocenters. The summed E-state index contributed by atoms with van der Waals surface area (Å²) in [6, 6.07) is 16.7. The van der Waals surface area contributed by atoms with Gasteiger partial charge in [0, 0.05) is 23.7 Å². The molecule has 38 heavy (non-hydrogen) atoms. The highest BCUT2D eigenvalue weighted by molar-refractivity contribution is 7.92. The minimum Gasteiger partial charge on any atom is -0.354 e. The third-order valence-electron chi connectivity index (χ3n) is 5.80. The van der Waals surface area contributed by atoms with Crippen LogP contribution in [0.1, 0.15) is 25.8 Å². The molecule has 3 aromatic rings. The van der Waals surface area contributed by atoms with Gasteiger partial charge in [-0.05, 0) is 49.7 Å². The van der Waals surface area contributed by atoms with Crippen LogP contribution in [-0.4, -0.2) is 44.3 Å². The van der Waals surface area contributed by atoms with E-state index in [2.05, 4.69) is 5.32 Å². The van der Waals surface area contributed by atoms with Crippen LogP contribution in [0.2, 0.25) is 10.0 Å². The van der Waals surface area contributed by atoms with Crippen molar-refractivity contribution in [2.24, 2.45) is 0 Å². The van der Waals surface area contributed by atoms with Crippen molar-refractivity contribution in [2.75, 3.05) is 17.4 Å². The van der Waals surface area contributed by atoms with E-state index in [-0.39, 0.29) is 32.7 Å². The SMILES string of the molecule is CCCNC(=O)[C@@H](C)N(Cc1ccccc1F)C(=O)CN(c1ccc(Cl)cc1Cl)S(=O)(=O)c1ccccc1. The molecule has 1 N–H and O–H groups in total. The summed E-state index contributed by atoms with van der Waals surface area (Å²) < 4.78 is 42.8. The van der Waals surface area contributed by atoms with Gasteiger partial charge in [0.15, 0.2) is 0 Å². The second kappa shape index (κ2) is 13.1. The first-order valence-electron chi connectivity index (χ1n) is 11.9. The van der Waals surface area contributed by atoms with Crippen molar-refractivity contribution >= 4 is 50.7 Å². The second-order valence-corrected chi connectivity index (χ2v) is 11.2. The lowest BCUT2D eigenvalue weighted by molar-refractivity contribution is -0.139. The molecule has 11 heteroatoms. The van der Waals surface area contributed by atoms with E-state index in [4.69, 9.17) is 23.2 Å². The third-order valence-corrected chi connectivity index (χ3v) is 8.12. The highest BCUT2D eigenvalue weighted by atomic mass is 35.5. The van der Waals surface area contributed by atoms with Gasteiger partial charge in [0.25, 0.3) is 10.0 Å². The molecule has 3 rings (SSSR count). The number of halogens is 3. The Morgan fingerprint density at radius 1 is 1.00 bits per heavy atom. The fraction of sp³-hybridized carbons (Fsp3) is 0.259. The number of hydrogen-bond acceptors (Lipinski definition) is 4. The second-order valence-electron chi connectivity index (χ2n) is 8.50. The maximum absolute atomic E-state index is 14.5. The van der Waals surface area contributed by atoms with E-state index in [1.165, 1.54) is 55.5 Å². The van der Waals surface area contributed by atoms with E-state index < -0.39 is 40.2 Å². The molecule has 0 spiro atoms. The standard InChI is InChI=1S/C27H28Cl2FN3O4S/c1-3-15-31-27(35)19(2)32(17-20-9-7-8-12-24(20)30)26(34)18-33(25-14-13-21(28)16-23(25)29)38(36,37)22-10-5-4-6-11-22/h4-14,16,19H,3,15,17-18H2,1-2H3,(H,31,35)/t19-/m1/s1. The van der Waals surface area contributed by atoms with Gasteiger partial charge in [-0.15, -0.1) is 0 Å². The first-order chi connectivity index (χ1) is 18.1.